The standard InChI is InChI=1S/C10H19NO3/c12-6-8(13)5-11-9-3-4-14-10(9)7-1-2-7/h7-13H,1-6H2. The number of aliphatic hydroxyl groups excluding tert-OH is 2. The first-order chi connectivity index (χ1) is 6.81. The predicted molar refractivity (Wildman–Crippen MR) is 52.0 cm³/mol. The lowest BCUT2D eigenvalue weighted by molar-refractivity contribution is 0.0674. The zero-order valence-corrected chi connectivity index (χ0v) is 8.35. The Bertz CT molecular complexity index is 184. The van der Waals surface area contributed by atoms with Gasteiger partial charge in [-0.3, -0.25) is 0 Å². The fourth-order valence-electron chi connectivity index (χ4n) is 2.07. The molecule has 0 aromatic carbocycles. The molecule has 14 heavy (non-hydrogen) atoms. The fourth-order valence-corrected chi connectivity index (χ4v) is 2.07. The lowest BCUT2D eigenvalue weighted by Gasteiger charge is -2.20. The van der Waals surface area contributed by atoms with Crippen molar-refractivity contribution in [1.82, 2.24) is 5.32 Å². The summed E-state index contributed by atoms with van der Waals surface area (Å²) in [6.45, 7) is 1.12. The molecule has 0 bridgehead atoms. The van der Waals surface area contributed by atoms with E-state index in [0.717, 1.165) is 18.9 Å². The van der Waals surface area contributed by atoms with Gasteiger partial charge in [-0.1, -0.05) is 0 Å². The molecule has 2 rings (SSSR count). The van der Waals surface area contributed by atoms with E-state index in [-0.39, 0.29) is 6.61 Å². The molecule has 1 saturated carbocycles. The van der Waals surface area contributed by atoms with Gasteiger partial charge in [0.25, 0.3) is 0 Å². The van der Waals surface area contributed by atoms with Crippen LogP contribution in [0.3, 0.4) is 0 Å². The summed E-state index contributed by atoms with van der Waals surface area (Å²) < 4.78 is 5.65. The minimum absolute atomic E-state index is 0.172. The van der Waals surface area contributed by atoms with Gasteiger partial charge in [0.05, 0.1) is 18.8 Å². The van der Waals surface area contributed by atoms with Crippen LogP contribution in [0.2, 0.25) is 0 Å². The molecular formula is C10H19NO3. The van der Waals surface area contributed by atoms with Crippen molar-refractivity contribution >= 4 is 0 Å². The van der Waals surface area contributed by atoms with Crippen LogP contribution in [0.15, 0.2) is 0 Å². The van der Waals surface area contributed by atoms with Gasteiger partial charge in [0, 0.05) is 19.2 Å². The molecule has 2 fully saturated rings. The Morgan fingerprint density at radius 2 is 2.14 bits per heavy atom. The molecule has 1 aliphatic heterocycles. The lowest BCUT2D eigenvalue weighted by Crippen LogP contribution is -2.42. The lowest BCUT2D eigenvalue weighted by atomic mass is 10.1. The number of rotatable bonds is 5. The Labute approximate surface area is 84.3 Å². The third-order valence-corrected chi connectivity index (χ3v) is 3.05. The highest BCUT2D eigenvalue weighted by molar-refractivity contribution is 4.93. The van der Waals surface area contributed by atoms with Crippen LogP contribution in [0.4, 0.5) is 0 Å². The monoisotopic (exact) mass is 201 g/mol. The van der Waals surface area contributed by atoms with Gasteiger partial charge in [0.2, 0.25) is 0 Å². The van der Waals surface area contributed by atoms with Crippen LogP contribution in [0, 0.1) is 5.92 Å². The summed E-state index contributed by atoms with van der Waals surface area (Å²) in [5, 5.41) is 21.1. The first-order valence-corrected chi connectivity index (χ1v) is 5.45. The third kappa shape index (κ3) is 2.45. The van der Waals surface area contributed by atoms with Crippen molar-refractivity contribution in [3.05, 3.63) is 0 Å². The molecule has 2 aliphatic rings. The van der Waals surface area contributed by atoms with Crippen molar-refractivity contribution in [3.63, 3.8) is 0 Å². The van der Waals surface area contributed by atoms with Crippen molar-refractivity contribution in [2.45, 2.75) is 37.5 Å². The van der Waals surface area contributed by atoms with Crippen LogP contribution in [0.5, 0.6) is 0 Å². The van der Waals surface area contributed by atoms with E-state index in [1.807, 2.05) is 0 Å². The third-order valence-electron chi connectivity index (χ3n) is 3.05. The summed E-state index contributed by atoms with van der Waals surface area (Å²) in [5.74, 6) is 0.737. The quantitative estimate of drug-likeness (QED) is 0.561. The molecule has 3 atom stereocenters. The van der Waals surface area contributed by atoms with E-state index < -0.39 is 6.10 Å². The van der Waals surface area contributed by atoms with Gasteiger partial charge in [-0.15, -0.1) is 0 Å². The highest BCUT2D eigenvalue weighted by atomic mass is 16.5. The average Bonchev–Trinajstić information content (AvgIpc) is 2.94. The van der Waals surface area contributed by atoms with Crippen LogP contribution in [0.25, 0.3) is 0 Å². The van der Waals surface area contributed by atoms with Crippen LogP contribution < -0.4 is 5.32 Å². The summed E-state index contributed by atoms with van der Waals surface area (Å²) >= 11 is 0. The van der Waals surface area contributed by atoms with Gasteiger partial charge in [-0.05, 0) is 25.2 Å². The normalized spacial score (nSPS) is 34.7. The van der Waals surface area contributed by atoms with Gasteiger partial charge in [-0.25, -0.2) is 0 Å². The van der Waals surface area contributed by atoms with E-state index in [9.17, 15) is 5.11 Å². The first kappa shape index (κ1) is 10.4. The first-order valence-electron chi connectivity index (χ1n) is 5.45. The second kappa shape index (κ2) is 4.57. The summed E-state index contributed by atoms with van der Waals surface area (Å²) in [6, 6.07) is 0.378. The predicted octanol–water partition coefficient (Wildman–Crippen LogP) is -0.503. The smallest absolute Gasteiger partial charge is 0.0895 e. The summed E-state index contributed by atoms with van der Waals surface area (Å²) in [4.78, 5) is 0. The molecule has 0 aromatic rings. The Morgan fingerprint density at radius 1 is 1.36 bits per heavy atom. The Kier molecular flexibility index (Phi) is 3.38. The Morgan fingerprint density at radius 3 is 2.79 bits per heavy atom. The Hall–Kier alpha value is -0.160. The van der Waals surface area contributed by atoms with Crippen LogP contribution in [-0.4, -0.2) is 48.2 Å². The second-order valence-corrected chi connectivity index (χ2v) is 4.31. The van der Waals surface area contributed by atoms with E-state index in [2.05, 4.69) is 5.32 Å². The average molecular weight is 201 g/mol. The molecule has 0 radical (unpaired) electrons. The van der Waals surface area contributed by atoms with Crippen LogP contribution in [-0.2, 0) is 4.74 Å². The molecule has 4 heteroatoms. The zero-order chi connectivity index (χ0) is 9.97. The van der Waals surface area contributed by atoms with E-state index in [1.165, 1.54) is 12.8 Å². The molecule has 3 N–H and O–H groups in total. The maximum Gasteiger partial charge on any atom is 0.0895 e. The number of aliphatic hydroxyl groups is 2. The summed E-state index contributed by atoms with van der Waals surface area (Å²) in [5.41, 5.74) is 0. The van der Waals surface area contributed by atoms with Crippen molar-refractivity contribution < 1.29 is 14.9 Å². The van der Waals surface area contributed by atoms with Crippen molar-refractivity contribution in [1.29, 1.82) is 0 Å². The van der Waals surface area contributed by atoms with E-state index in [4.69, 9.17) is 9.84 Å². The number of ether oxygens (including phenoxy) is 1. The molecule has 0 aromatic heterocycles. The zero-order valence-electron chi connectivity index (χ0n) is 8.35. The number of hydrogen-bond donors (Lipinski definition) is 3. The second-order valence-electron chi connectivity index (χ2n) is 4.31. The van der Waals surface area contributed by atoms with E-state index in [1.54, 1.807) is 0 Å². The molecule has 3 unspecified atom stereocenters. The molecule has 1 saturated heterocycles. The number of nitrogens with one attached hydrogen (secondary N) is 1. The topological polar surface area (TPSA) is 61.7 Å². The van der Waals surface area contributed by atoms with Crippen molar-refractivity contribution in [2.24, 2.45) is 5.92 Å². The molecule has 4 nitrogen and oxygen atoms in total. The molecule has 0 amide bonds. The Balaban J connectivity index is 1.73. The maximum atomic E-state index is 9.21. The molecule has 82 valence electrons. The molecular weight excluding hydrogens is 182 g/mol. The van der Waals surface area contributed by atoms with E-state index >= 15 is 0 Å². The van der Waals surface area contributed by atoms with Gasteiger partial charge < -0.3 is 20.3 Å². The fraction of sp³-hybridized carbons (Fsp3) is 1.00. The van der Waals surface area contributed by atoms with Gasteiger partial charge in [-0.2, -0.15) is 0 Å². The number of hydrogen-bond acceptors (Lipinski definition) is 4. The SMILES string of the molecule is OCC(O)CNC1CCOC1C1CC1. The summed E-state index contributed by atoms with van der Waals surface area (Å²) in [7, 11) is 0. The summed E-state index contributed by atoms with van der Waals surface area (Å²) in [6.07, 6.45) is 3.30. The molecule has 1 aliphatic carbocycles. The minimum atomic E-state index is -0.643. The minimum Gasteiger partial charge on any atom is -0.394 e. The highest BCUT2D eigenvalue weighted by Crippen LogP contribution is 2.38. The molecule has 0 spiro atoms. The van der Waals surface area contributed by atoms with Crippen molar-refractivity contribution in [2.75, 3.05) is 19.8 Å². The molecule has 1 heterocycles. The highest BCUT2D eigenvalue weighted by Gasteiger charge is 2.40. The largest absolute Gasteiger partial charge is 0.394 e. The van der Waals surface area contributed by atoms with Crippen molar-refractivity contribution in [3.8, 4) is 0 Å². The van der Waals surface area contributed by atoms with Gasteiger partial charge in [0.1, 0.15) is 0 Å². The van der Waals surface area contributed by atoms with Gasteiger partial charge in [0.15, 0.2) is 0 Å². The maximum absolute atomic E-state index is 9.21. The van der Waals surface area contributed by atoms with Crippen LogP contribution in [0.1, 0.15) is 19.3 Å². The van der Waals surface area contributed by atoms with Gasteiger partial charge >= 0.3 is 0 Å². The van der Waals surface area contributed by atoms with Crippen LogP contribution >= 0.6 is 0 Å². The van der Waals surface area contributed by atoms with E-state index in [0.29, 0.717) is 18.7 Å².